The normalized spacial score (nSPS) is 17.3. The lowest BCUT2D eigenvalue weighted by Gasteiger charge is -2.48. The predicted molar refractivity (Wildman–Crippen MR) is 137 cm³/mol. The van der Waals surface area contributed by atoms with E-state index in [-0.39, 0.29) is 17.9 Å². The number of carboxylic acids is 1. The summed E-state index contributed by atoms with van der Waals surface area (Å²) in [4.78, 5) is 13.7. The summed E-state index contributed by atoms with van der Waals surface area (Å²) >= 11 is 0. The van der Waals surface area contributed by atoms with Gasteiger partial charge >= 0.3 is 5.97 Å². The van der Waals surface area contributed by atoms with Gasteiger partial charge in [0, 0.05) is 42.4 Å². The molecule has 6 heteroatoms. The van der Waals surface area contributed by atoms with Crippen LogP contribution in [0.25, 0.3) is 11.1 Å². The van der Waals surface area contributed by atoms with E-state index < -0.39 is 5.97 Å². The highest BCUT2D eigenvalue weighted by Gasteiger charge is 2.45. The molecular formula is C29H32N2O4. The smallest absolute Gasteiger partial charge is 0.307 e. The lowest BCUT2D eigenvalue weighted by Crippen LogP contribution is -2.57. The molecule has 0 aromatic heterocycles. The number of benzene rings is 3. The van der Waals surface area contributed by atoms with E-state index >= 15 is 0 Å². The van der Waals surface area contributed by atoms with E-state index in [1.807, 2.05) is 31.2 Å². The predicted octanol–water partition coefficient (Wildman–Crippen LogP) is 4.81. The van der Waals surface area contributed by atoms with Crippen molar-refractivity contribution in [3.8, 4) is 16.9 Å². The van der Waals surface area contributed by atoms with Crippen molar-refractivity contribution in [3.05, 3.63) is 83.4 Å². The van der Waals surface area contributed by atoms with E-state index in [0.29, 0.717) is 17.9 Å². The maximum Gasteiger partial charge on any atom is 0.307 e. The number of hydrogen-bond acceptors (Lipinski definition) is 5. The van der Waals surface area contributed by atoms with Crippen LogP contribution < -0.4 is 15.4 Å². The molecule has 2 aliphatic heterocycles. The van der Waals surface area contributed by atoms with E-state index in [9.17, 15) is 9.90 Å². The molecule has 0 amide bonds. The van der Waals surface area contributed by atoms with Crippen LogP contribution in [0.4, 0.5) is 5.69 Å². The molecule has 0 saturated carbocycles. The Morgan fingerprint density at radius 1 is 1.11 bits per heavy atom. The number of nitrogens with zero attached hydrogens (tertiary/aromatic N) is 1. The number of para-hydroxylation sites is 1. The molecule has 0 radical (unpaired) electrons. The molecule has 2 heterocycles. The molecule has 3 aromatic carbocycles. The fraction of sp³-hybridized carbons (Fsp3) is 0.345. The first-order chi connectivity index (χ1) is 16.9. The Labute approximate surface area is 206 Å². The second-order valence-corrected chi connectivity index (χ2v) is 9.93. The monoisotopic (exact) mass is 472 g/mol. The number of nitrogens with two attached hydrogens (primary N) is 1. The molecule has 0 bridgehead atoms. The van der Waals surface area contributed by atoms with E-state index in [1.165, 1.54) is 5.69 Å². The molecule has 3 N–H and O–H groups in total. The Morgan fingerprint density at radius 3 is 2.69 bits per heavy atom. The fourth-order valence-corrected chi connectivity index (χ4v) is 5.07. The van der Waals surface area contributed by atoms with Crippen molar-refractivity contribution >= 4 is 11.7 Å². The summed E-state index contributed by atoms with van der Waals surface area (Å²) in [6.45, 7) is 6.04. The highest BCUT2D eigenvalue weighted by atomic mass is 16.5. The summed E-state index contributed by atoms with van der Waals surface area (Å²) in [6, 6.07) is 22.2. The van der Waals surface area contributed by atoms with Gasteiger partial charge in [-0.05, 0) is 65.9 Å². The van der Waals surface area contributed by atoms with Crippen molar-refractivity contribution in [1.82, 2.24) is 0 Å². The van der Waals surface area contributed by atoms with Crippen molar-refractivity contribution in [2.24, 2.45) is 11.1 Å². The highest BCUT2D eigenvalue weighted by molar-refractivity contribution is 5.72. The maximum absolute atomic E-state index is 11.3. The van der Waals surface area contributed by atoms with Crippen LogP contribution in [0.15, 0.2) is 66.7 Å². The molecule has 2 aliphatic rings. The van der Waals surface area contributed by atoms with Crippen molar-refractivity contribution in [2.45, 2.75) is 32.4 Å². The quantitative estimate of drug-likeness (QED) is 0.490. The minimum Gasteiger partial charge on any atom is -0.489 e. The first-order valence-electron chi connectivity index (χ1n) is 12.2. The Balaban J connectivity index is 1.43. The lowest BCUT2D eigenvalue weighted by atomic mass is 9.79. The van der Waals surface area contributed by atoms with Crippen molar-refractivity contribution in [2.75, 3.05) is 31.2 Å². The zero-order valence-electron chi connectivity index (χ0n) is 20.1. The van der Waals surface area contributed by atoms with E-state index in [2.05, 4.69) is 41.3 Å². The second kappa shape index (κ2) is 9.72. The van der Waals surface area contributed by atoms with Gasteiger partial charge < -0.3 is 25.2 Å². The number of rotatable bonds is 8. The Bertz CT molecular complexity index is 1210. The molecule has 5 rings (SSSR count). The van der Waals surface area contributed by atoms with Gasteiger partial charge in [-0.15, -0.1) is 0 Å². The molecule has 35 heavy (non-hydrogen) atoms. The van der Waals surface area contributed by atoms with Gasteiger partial charge in [0.2, 0.25) is 0 Å². The van der Waals surface area contributed by atoms with Gasteiger partial charge in [-0.25, -0.2) is 0 Å². The van der Waals surface area contributed by atoms with Gasteiger partial charge in [0.05, 0.1) is 13.0 Å². The molecule has 2 saturated heterocycles. The van der Waals surface area contributed by atoms with Gasteiger partial charge in [-0.2, -0.15) is 0 Å². The summed E-state index contributed by atoms with van der Waals surface area (Å²) in [5.41, 5.74) is 12.6. The first kappa shape index (κ1) is 23.4. The number of carbonyl (C=O) groups is 1. The minimum atomic E-state index is -0.873. The molecule has 1 atom stereocenters. The molecule has 182 valence electrons. The maximum atomic E-state index is 11.3. The SMILES string of the molecule is C[C@@H](N)c1cccc(-c2cc(COc3ccccc3CC(=O)O)cc(N3CC4(CCOC4)C3)c2)c1. The van der Waals surface area contributed by atoms with Crippen molar-refractivity contribution in [1.29, 1.82) is 0 Å². The van der Waals surface area contributed by atoms with Crippen LogP contribution in [0, 0.1) is 5.41 Å². The van der Waals surface area contributed by atoms with E-state index in [0.717, 1.165) is 55.0 Å². The lowest BCUT2D eigenvalue weighted by molar-refractivity contribution is -0.136. The van der Waals surface area contributed by atoms with E-state index in [4.69, 9.17) is 15.2 Å². The molecule has 1 spiro atoms. The van der Waals surface area contributed by atoms with Crippen LogP contribution in [-0.4, -0.2) is 37.4 Å². The Kier molecular flexibility index (Phi) is 6.50. The Hall–Kier alpha value is -3.35. The minimum absolute atomic E-state index is 0.0377. The number of anilines is 1. The van der Waals surface area contributed by atoms with Crippen LogP contribution in [0.2, 0.25) is 0 Å². The molecule has 0 aliphatic carbocycles. The van der Waals surface area contributed by atoms with Crippen LogP contribution in [0.5, 0.6) is 5.75 Å². The highest BCUT2D eigenvalue weighted by Crippen LogP contribution is 2.42. The van der Waals surface area contributed by atoms with Crippen LogP contribution in [0.3, 0.4) is 0 Å². The second-order valence-electron chi connectivity index (χ2n) is 9.93. The third-order valence-electron chi connectivity index (χ3n) is 7.03. The molecule has 3 aromatic rings. The summed E-state index contributed by atoms with van der Waals surface area (Å²) in [6.07, 6.45) is 1.05. The first-order valence-corrected chi connectivity index (χ1v) is 12.2. The van der Waals surface area contributed by atoms with Crippen molar-refractivity contribution < 1.29 is 19.4 Å². The third kappa shape index (κ3) is 5.19. The molecule has 0 unspecified atom stereocenters. The van der Waals surface area contributed by atoms with Gasteiger partial charge in [0.25, 0.3) is 0 Å². The van der Waals surface area contributed by atoms with Gasteiger partial charge in [-0.3, -0.25) is 4.79 Å². The average Bonchev–Trinajstić information content (AvgIpc) is 3.33. The fourth-order valence-electron chi connectivity index (χ4n) is 5.07. The molecule has 2 fully saturated rings. The number of ether oxygens (including phenoxy) is 2. The van der Waals surface area contributed by atoms with Gasteiger partial charge in [-0.1, -0.05) is 36.4 Å². The summed E-state index contributed by atoms with van der Waals surface area (Å²) < 4.78 is 11.8. The van der Waals surface area contributed by atoms with Crippen molar-refractivity contribution in [3.63, 3.8) is 0 Å². The van der Waals surface area contributed by atoms with Gasteiger partial charge in [0.1, 0.15) is 12.4 Å². The third-order valence-corrected chi connectivity index (χ3v) is 7.03. The number of hydrogen-bond donors (Lipinski definition) is 2. The average molecular weight is 473 g/mol. The van der Waals surface area contributed by atoms with Crippen LogP contribution >= 0.6 is 0 Å². The largest absolute Gasteiger partial charge is 0.489 e. The summed E-state index contributed by atoms with van der Waals surface area (Å²) in [7, 11) is 0. The number of aliphatic carboxylic acids is 1. The Morgan fingerprint density at radius 2 is 1.94 bits per heavy atom. The van der Waals surface area contributed by atoms with Crippen LogP contribution in [-0.2, 0) is 22.6 Å². The number of carboxylic acid groups (broad SMARTS) is 1. The van der Waals surface area contributed by atoms with Gasteiger partial charge in [0.15, 0.2) is 0 Å². The zero-order valence-corrected chi connectivity index (χ0v) is 20.1. The van der Waals surface area contributed by atoms with Crippen LogP contribution in [0.1, 0.15) is 36.1 Å². The van der Waals surface area contributed by atoms with E-state index in [1.54, 1.807) is 6.07 Å². The zero-order chi connectivity index (χ0) is 24.4. The summed E-state index contributed by atoms with van der Waals surface area (Å²) in [5, 5.41) is 9.24. The summed E-state index contributed by atoms with van der Waals surface area (Å²) in [5.74, 6) is -0.270. The standard InChI is InChI=1S/C29H32N2O4/c1-20(30)22-6-4-7-23(13-22)25-11-21(16-35-27-8-3-2-5-24(27)15-28(32)33)12-26(14-25)31-17-29(18-31)9-10-34-19-29/h2-8,11-14,20H,9-10,15-19,30H2,1H3,(H,32,33)/t20-/m1/s1. The topological polar surface area (TPSA) is 85.0 Å². The molecule has 6 nitrogen and oxygen atoms in total. The molecular weight excluding hydrogens is 440 g/mol.